The SMILES string of the molecule is O=[N+]([O-])c1nc(CCl)cc(C(F)F)c1Cl. The van der Waals surface area contributed by atoms with E-state index in [0.717, 1.165) is 6.07 Å². The summed E-state index contributed by atoms with van der Waals surface area (Å²) in [6, 6.07) is 0.951. The van der Waals surface area contributed by atoms with Gasteiger partial charge in [-0.3, -0.25) is 0 Å². The third kappa shape index (κ3) is 2.51. The average Bonchev–Trinajstić information content (AvgIpc) is 2.17. The second-order valence-corrected chi connectivity index (χ2v) is 3.18. The summed E-state index contributed by atoms with van der Waals surface area (Å²) >= 11 is 10.8. The summed E-state index contributed by atoms with van der Waals surface area (Å²) in [6.07, 6.45) is -2.90. The highest BCUT2D eigenvalue weighted by Crippen LogP contribution is 2.33. The van der Waals surface area contributed by atoms with E-state index in [1.165, 1.54) is 0 Å². The fourth-order valence-corrected chi connectivity index (χ4v) is 1.32. The van der Waals surface area contributed by atoms with Crippen molar-refractivity contribution in [2.24, 2.45) is 0 Å². The normalized spacial score (nSPS) is 10.7. The zero-order chi connectivity index (χ0) is 11.6. The molecule has 0 unspecified atom stereocenters. The number of hydrogen-bond acceptors (Lipinski definition) is 3. The molecule has 0 saturated heterocycles. The van der Waals surface area contributed by atoms with Crippen LogP contribution in [0.1, 0.15) is 17.7 Å². The van der Waals surface area contributed by atoms with Gasteiger partial charge in [-0.1, -0.05) is 11.6 Å². The van der Waals surface area contributed by atoms with Crippen LogP contribution in [0.2, 0.25) is 5.02 Å². The quantitative estimate of drug-likeness (QED) is 0.474. The number of aromatic nitrogens is 1. The number of alkyl halides is 3. The third-order valence-corrected chi connectivity index (χ3v) is 2.23. The number of halogens is 4. The van der Waals surface area contributed by atoms with Crippen LogP contribution in [0.15, 0.2) is 6.07 Å². The largest absolute Gasteiger partial charge is 0.383 e. The lowest BCUT2D eigenvalue weighted by molar-refractivity contribution is -0.389. The highest BCUT2D eigenvalue weighted by Gasteiger charge is 2.25. The Labute approximate surface area is 93.0 Å². The van der Waals surface area contributed by atoms with Crippen molar-refractivity contribution >= 4 is 29.0 Å². The Bertz CT molecular complexity index is 401. The smallest absolute Gasteiger partial charge is 0.358 e. The first-order chi connectivity index (χ1) is 6.97. The predicted octanol–water partition coefficient (Wildman–Crippen LogP) is 3.32. The molecule has 1 rings (SSSR count). The summed E-state index contributed by atoms with van der Waals surface area (Å²) in [7, 11) is 0. The number of pyridine rings is 1. The van der Waals surface area contributed by atoms with Gasteiger partial charge in [0.15, 0.2) is 5.69 Å². The van der Waals surface area contributed by atoms with Crippen molar-refractivity contribution in [3.8, 4) is 0 Å². The molecule has 4 nitrogen and oxygen atoms in total. The molecule has 0 aromatic carbocycles. The van der Waals surface area contributed by atoms with Crippen molar-refractivity contribution in [3.05, 3.63) is 32.5 Å². The molecule has 0 aliphatic heterocycles. The van der Waals surface area contributed by atoms with Gasteiger partial charge in [-0.15, -0.1) is 11.6 Å². The number of hydrogen-bond donors (Lipinski definition) is 0. The van der Waals surface area contributed by atoms with Gasteiger partial charge < -0.3 is 10.1 Å². The van der Waals surface area contributed by atoms with Crippen LogP contribution in [0.3, 0.4) is 0 Å². The van der Waals surface area contributed by atoms with Crippen molar-refractivity contribution in [2.45, 2.75) is 12.3 Å². The Morgan fingerprint density at radius 3 is 2.60 bits per heavy atom. The number of nitro groups is 1. The van der Waals surface area contributed by atoms with Gasteiger partial charge in [0, 0.05) is 5.56 Å². The molecular formula is C7H4Cl2F2N2O2. The fraction of sp³-hybridized carbons (Fsp3) is 0.286. The van der Waals surface area contributed by atoms with E-state index < -0.39 is 27.8 Å². The van der Waals surface area contributed by atoms with Crippen LogP contribution in [0.4, 0.5) is 14.6 Å². The van der Waals surface area contributed by atoms with Crippen molar-refractivity contribution < 1.29 is 13.7 Å². The second kappa shape index (κ2) is 4.67. The molecule has 0 spiro atoms. The van der Waals surface area contributed by atoms with Gasteiger partial charge >= 0.3 is 5.82 Å². The molecule has 0 N–H and O–H groups in total. The van der Waals surface area contributed by atoms with E-state index >= 15 is 0 Å². The molecule has 1 aromatic heterocycles. The molecule has 1 aromatic rings. The van der Waals surface area contributed by atoms with Crippen LogP contribution in [-0.4, -0.2) is 9.91 Å². The molecule has 82 valence electrons. The summed E-state index contributed by atoms with van der Waals surface area (Å²) in [4.78, 5) is 12.9. The fourth-order valence-electron chi connectivity index (χ4n) is 0.938. The molecule has 0 aliphatic carbocycles. The Morgan fingerprint density at radius 2 is 2.20 bits per heavy atom. The maximum Gasteiger partial charge on any atom is 0.383 e. The summed E-state index contributed by atoms with van der Waals surface area (Å²) < 4.78 is 24.8. The molecule has 8 heteroatoms. The maximum atomic E-state index is 12.4. The van der Waals surface area contributed by atoms with Crippen molar-refractivity contribution in [2.75, 3.05) is 0 Å². The second-order valence-electron chi connectivity index (χ2n) is 2.53. The minimum atomic E-state index is -2.90. The van der Waals surface area contributed by atoms with E-state index in [2.05, 4.69) is 4.98 Å². The van der Waals surface area contributed by atoms with Gasteiger partial charge in [-0.05, 0) is 16.0 Å². The Balaban J connectivity index is 3.40. The summed E-state index contributed by atoms with van der Waals surface area (Å²) in [5.74, 6) is -0.998. The van der Waals surface area contributed by atoms with E-state index in [1.54, 1.807) is 0 Å². The van der Waals surface area contributed by atoms with Gasteiger partial charge in [-0.25, -0.2) is 8.78 Å². The Morgan fingerprint density at radius 1 is 1.60 bits per heavy atom. The van der Waals surface area contributed by atoms with Crippen LogP contribution >= 0.6 is 23.2 Å². The first kappa shape index (κ1) is 12.1. The lowest BCUT2D eigenvalue weighted by Crippen LogP contribution is -2.00. The van der Waals surface area contributed by atoms with Gasteiger partial charge in [0.05, 0.1) is 5.88 Å². The third-order valence-electron chi connectivity index (χ3n) is 1.57. The van der Waals surface area contributed by atoms with E-state index in [1.807, 2.05) is 0 Å². The van der Waals surface area contributed by atoms with Crippen molar-refractivity contribution in [1.29, 1.82) is 0 Å². The molecule has 0 radical (unpaired) electrons. The minimum absolute atomic E-state index is 0.0110. The maximum absolute atomic E-state index is 12.4. The zero-order valence-electron chi connectivity index (χ0n) is 7.08. The lowest BCUT2D eigenvalue weighted by Gasteiger charge is -2.03. The van der Waals surface area contributed by atoms with Crippen LogP contribution in [0.25, 0.3) is 0 Å². The van der Waals surface area contributed by atoms with Gasteiger partial charge in [-0.2, -0.15) is 0 Å². The molecule has 0 bridgehead atoms. The van der Waals surface area contributed by atoms with Crippen molar-refractivity contribution in [3.63, 3.8) is 0 Å². The van der Waals surface area contributed by atoms with E-state index in [9.17, 15) is 18.9 Å². The summed E-state index contributed by atoms with van der Waals surface area (Å²) in [5.41, 5.74) is -0.642. The molecule has 0 amide bonds. The number of nitrogens with zero attached hydrogens (tertiary/aromatic N) is 2. The van der Waals surface area contributed by atoms with E-state index in [-0.39, 0.29) is 11.6 Å². The first-order valence-electron chi connectivity index (χ1n) is 3.65. The molecule has 0 fully saturated rings. The molecule has 15 heavy (non-hydrogen) atoms. The monoisotopic (exact) mass is 256 g/mol. The van der Waals surface area contributed by atoms with Gasteiger partial charge in [0.1, 0.15) is 5.02 Å². The number of rotatable bonds is 3. The van der Waals surface area contributed by atoms with Gasteiger partial charge in [0.25, 0.3) is 6.43 Å². The van der Waals surface area contributed by atoms with E-state index in [0.29, 0.717) is 0 Å². The first-order valence-corrected chi connectivity index (χ1v) is 4.56. The van der Waals surface area contributed by atoms with Crippen molar-refractivity contribution in [1.82, 2.24) is 4.98 Å². The van der Waals surface area contributed by atoms with Crippen LogP contribution in [0, 0.1) is 10.1 Å². The molecular weight excluding hydrogens is 253 g/mol. The zero-order valence-corrected chi connectivity index (χ0v) is 8.60. The Hall–Kier alpha value is -1.01. The summed E-state index contributed by atoms with van der Waals surface area (Å²) in [6.45, 7) is 0. The lowest BCUT2D eigenvalue weighted by atomic mass is 10.2. The molecule has 0 aliphatic rings. The summed E-state index contributed by atoms with van der Waals surface area (Å²) in [5, 5.41) is 9.79. The molecule has 0 saturated carbocycles. The molecule has 1 heterocycles. The standard InChI is InChI=1S/C7H4Cl2F2N2O2/c8-2-3-1-4(6(10)11)5(9)7(12-3)13(14)15/h1,6H,2H2. The average molecular weight is 257 g/mol. The Kier molecular flexibility index (Phi) is 3.76. The van der Waals surface area contributed by atoms with Crippen LogP contribution < -0.4 is 0 Å². The highest BCUT2D eigenvalue weighted by molar-refractivity contribution is 6.33. The van der Waals surface area contributed by atoms with Crippen LogP contribution in [0.5, 0.6) is 0 Å². The van der Waals surface area contributed by atoms with Crippen LogP contribution in [-0.2, 0) is 5.88 Å². The minimum Gasteiger partial charge on any atom is -0.358 e. The topological polar surface area (TPSA) is 56.0 Å². The molecule has 0 atom stereocenters. The predicted molar refractivity (Wildman–Crippen MR) is 50.4 cm³/mol. The highest BCUT2D eigenvalue weighted by atomic mass is 35.5. The van der Waals surface area contributed by atoms with E-state index in [4.69, 9.17) is 23.2 Å². The van der Waals surface area contributed by atoms with Gasteiger partial charge in [0.2, 0.25) is 0 Å².